The van der Waals surface area contributed by atoms with Crippen molar-refractivity contribution in [2.75, 3.05) is 19.9 Å². The Morgan fingerprint density at radius 3 is 2.68 bits per heavy atom. The van der Waals surface area contributed by atoms with Crippen LogP contribution in [0, 0.1) is 11.8 Å². The molecule has 1 aromatic rings. The highest BCUT2D eigenvalue weighted by atomic mass is 16.7. The fourth-order valence-corrected chi connectivity index (χ4v) is 3.85. The molecule has 0 aromatic heterocycles. The molecule has 3 aliphatic rings. The first-order chi connectivity index (χ1) is 12.1. The standard InChI is InChI=1S/C19H24N2O4/c1-12-4-2-3-5-15(12)20-18(22)14-9-21(10-14)19(23)13-6-7-16-17(8-13)25-11-24-16/h6-8,12,14-15H,2-5,9-11H2,1H3,(H,20,22). The van der Waals surface area contributed by atoms with Crippen LogP contribution in [-0.4, -0.2) is 42.6 Å². The molecule has 0 radical (unpaired) electrons. The minimum Gasteiger partial charge on any atom is -0.454 e. The summed E-state index contributed by atoms with van der Waals surface area (Å²) in [6, 6.07) is 5.50. The van der Waals surface area contributed by atoms with Gasteiger partial charge in [0.2, 0.25) is 12.7 Å². The van der Waals surface area contributed by atoms with Gasteiger partial charge >= 0.3 is 0 Å². The second-order valence-corrected chi connectivity index (χ2v) is 7.35. The van der Waals surface area contributed by atoms with Crippen molar-refractivity contribution in [1.29, 1.82) is 0 Å². The molecular formula is C19H24N2O4. The second-order valence-electron chi connectivity index (χ2n) is 7.35. The molecule has 1 aliphatic carbocycles. The van der Waals surface area contributed by atoms with Crippen molar-refractivity contribution >= 4 is 11.8 Å². The Labute approximate surface area is 147 Å². The van der Waals surface area contributed by atoms with E-state index in [1.807, 2.05) is 0 Å². The van der Waals surface area contributed by atoms with E-state index in [-0.39, 0.29) is 24.5 Å². The molecule has 1 saturated heterocycles. The Hall–Kier alpha value is -2.24. The highest BCUT2D eigenvalue weighted by Crippen LogP contribution is 2.33. The summed E-state index contributed by atoms with van der Waals surface area (Å²) in [4.78, 5) is 26.7. The van der Waals surface area contributed by atoms with Crippen molar-refractivity contribution in [3.63, 3.8) is 0 Å². The zero-order chi connectivity index (χ0) is 17.4. The number of fused-ring (bicyclic) bond motifs is 1. The van der Waals surface area contributed by atoms with Gasteiger partial charge in [-0.05, 0) is 37.0 Å². The van der Waals surface area contributed by atoms with Crippen molar-refractivity contribution in [2.45, 2.75) is 38.6 Å². The van der Waals surface area contributed by atoms with Gasteiger partial charge < -0.3 is 19.7 Å². The van der Waals surface area contributed by atoms with Crippen LogP contribution in [0.4, 0.5) is 0 Å². The summed E-state index contributed by atoms with van der Waals surface area (Å²) in [6.45, 7) is 3.37. The minimum atomic E-state index is -0.0907. The first-order valence-electron chi connectivity index (χ1n) is 9.11. The monoisotopic (exact) mass is 344 g/mol. The number of carbonyl (C=O) groups excluding carboxylic acids is 2. The average molecular weight is 344 g/mol. The smallest absolute Gasteiger partial charge is 0.254 e. The lowest BCUT2D eigenvalue weighted by Gasteiger charge is -2.40. The fourth-order valence-electron chi connectivity index (χ4n) is 3.85. The number of rotatable bonds is 3. The molecular weight excluding hydrogens is 320 g/mol. The van der Waals surface area contributed by atoms with Crippen molar-refractivity contribution in [3.8, 4) is 11.5 Å². The molecule has 1 aromatic carbocycles. The Kier molecular flexibility index (Phi) is 4.27. The maximum atomic E-state index is 12.5. The second kappa shape index (κ2) is 6.58. The molecule has 2 amide bonds. The molecule has 134 valence electrons. The summed E-state index contributed by atoms with van der Waals surface area (Å²) >= 11 is 0. The van der Waals surface area contributed by atoms with Crippen LogP contribution in [0.15, 0.2) is 18.2 Å². The lowest BCUT2D eigenvalue weighted by atomic mass is 9.85. The van der Waals surface area contributed by atoms with Crippen LogP contribution in [0.1, 0.15) is 43.0 Å². The molecule has 0 spiro atoms. The number of benzene rings is 1. The van der Waals surface area contributed by atoms with Gasteiger partial charge in [0.25, 0.3) is 5.91 Å². The van der Waals surface area contributed by atoms with Gasteiger partial charge in [-0.1, -0.05) is 19.8 Å². The van der Waals surface area contributed by atoms with E-state index in [0.29, 0.717) is 42.1 Å². The number of carbonyl (C=O) groups is 2. The average Bonchev–Trinajstić information content (AvgIpc) is 3.03. The number of nitrogens with zero attached hydrogens (tertiary/aromatic N) is 1. The number of likely N-dealkylation sites (tertiary alicyclic amines) is 1. The van der Waals surface area contributed by atoms with Crippen molar-refractivity contribution < 1.29 is 19.1 Å². The van der Waals surface area contributed by atoms with Crippen LogP contribution in [0.3, 0.4) is 0 Å². The molecule has 1 N–H and O–H groups in total. The van der Waals surface area contributed by atoms with Crippen LogP contribution in [0.5, 0.6) is 11.5 Å². The van der Waals surface area contributed by atoms with Crippen molar-refractivity contribution in [2.24, 2.45) is 11.8 Å². The van der Waals surface area contributed by atoms with Crippen LogP contribution in [0.25, 0.3) is 0 Å². The maximum Gasteiger partial charge on any atom is 0.254 e. The first kappa shape index (κ1) is 16.2. The van der Waals surface area contributed by atoms with Gasteiger partial charge in [-0.15, -0.1) is 0 Å². The summed E-state index contributed by atoms with van der Waals surface area (Å²) in [5, 5.41) is 3.19. The number of hydrogen-bond acceptors (Lipinski definition) is 4. The van der Waals surface area contributed by atoms with Crippen LogP contribution >= 0.6 is 0 Å². The Bertz CT molecular complexity index is 684. The minimum absolute atomic E-state index is 0.0617. The van der Waals surface area contributed by atoms with E-state index in [9.17, 15) is 9.59 Å². The van der Waals surface area contributed by atoms with Gasteiger partial charge in [0.05, 0.1) is 5.92 Å². The Balaban J connectivity index is 1.30. The maximum absolute atomic E-state index is 12.5. The van der Waals surface area contributed by atoms with E-state index in [1.54, 1.807) is 23.1 Å². The number of ether oxygens (including phenoxy) is 2. The summed E-state index contributed by atoms with van der Waals surface area (Å²) in [5.74, 6) is 1.75. The van der Waals surface area contributed by atoms with Crippen molar-refractivity contribution in [3.05, 3.63) is 23.8 Å². The highest BCUT2D eigenvalue weighted by molar-refractivity contribution is 5.96. The molecule has 6 nitrogen and oxygen atoms in total. The lowest BCUT2D eigenvalue weighted by Crippen LogP contribution is -2.57. The van der Waals surface area contributed by atoms with Gasteiger partial charge in [-0.3, -0.25) is 9.59 Å². The predicted molar refractivity (Wildman–Crippen MR) is 91.5 cm³/mol. The highest BCUT2D eigenvalue weighted by Gasteiger charge is 2.37. The fraction of sp³-hybridized carbons (Fsp3) is 0.579. The molecule has 0 bridgehead atoms. The SMILES string of the molecule is CC1CCCCC1NC(=O)C1CN(C(=O)c2ccc3c(c2)OCO3)C1. The van der Waals surface area contributed by atoms with Gasteiger partial charge in [-0.25, -0.2) is 0 Å². The number of hydrogen-bond donors (Lipinski definition) is 1. The number of nitrogens with one attached hydrogen (secondary N) is 1. The van der Waals surface area contributed by atoms with Gasteiger partial charge in [-0.2, -0.15) is 0 Å². The first-order valence-corrected chi connectivity index (χ1v) is 9.11. The Morgan fingerprint density at radius 1 is 1.12 bits per heavy atom. The number of amides is 2. The summed E-state index contributed by atoms with van der Waals surface area (Å²) < 4.78 is 10.6. The van der Waals surface area contributed by atoms with Gasteiger partial charge in [0, 0.05) is 24.7 Å². The molecule has 6 heteroatoms. The molecule has 25 heavy (non-hydrogen) atoms. The van der Waals surface area contributed by atoms with E-state index < -0.39 is 0 Å². The largest absolute Gasteiger partial charge is 0.454 e. The zero-order valence-electron chi connectivity index (χ0n) is 14.5. The van der Waals surface area contributed by atoms with E-state index in [4.69, 9.17) is 9.47 Å². The quantitative estimate of drug-likeness (QED) is 0.913. The third kappa shape index (κ3) is 3.17. The normalized spacial score (nSPS) is 25.4. The van der Waals surface area contributed by atoms with E-state index in [1.165, 1.54) is 19.3 Å². The van der Waals surface area contributed by atoms with E-state index in [2.05, 4.69) is 12.2 Å². The molecule has 1 saturated carbocycles. The third-order valence-corrected chi connectivity index (χ3v) is 5.60. The lowest BCUT2D eigenvalue weighted by molar-refractivity contribution is -0.130. The molecule has 2 unspecified atom stereocenters. The zero-order valence-corrected chi connectivity index (χ0v) is 14.5. The molecule has 4 rings (SSSR count). The van der Waals surface area contributed by atoms with E-state index >= 15 is 0 Å². The van der Waals surface area contributed by atoms with Crippen LogP contribution < -0.4 is 14.8 Å². The molecule has 2 heterocycles. The van der Waals surface area contributed by atoms with E-state index in [0.717, 1.165) is 6.42 Å². The van der Waals surface area contributed by atoms with Crippen molar-refractivity contribution in [1.82, 2.24) is 10.2 Å². The van der Waals surface area contributed by atoms with Crippen LogP contribution in [-0.2, 0) is 4.79 Å². The molecule has 2 fully saturated rings. The van der Waals surface area contributed by atoms with Gasteiger partial charge in [0.1, 0.15) is 0 Å². The summed E-state index contributed by atoms with van der Waals surface area (Å²) in [6.07, 6.45) is 4.70. The van der Waals surface area contributed by atoms with Gasteiger partial charge in [0.15, 0.2) is 11.5 Å². The van der Waals surface area contributed by atoms with Crippen LogP contribution in [0.2, 0.25) is 0 Å². The molecule has 2 aliphatic heterocycles. The summed E-state index contributed by atoms with van der Waals surface area (Å²) in [7, 11) is 0. The predicted octanol–water partition coefficient (Wildman–Crippen LogP) is 2.18. The molecule has 2 atom stereocenters. The third-order valence-electron chi connectivity index (χ3n) is 5.60. The Morgan fingerprint density at radius 2 is 1.88 bits per heavy atom. The topological polar surface area (TPSA) is 67.9 Å². The summed E-state index contributed by atoms with van der Waals surface area (Å²) in [5.41, 5.74) is 0.573.